The van der Waals surface area contributed by atoms with Crippen LogP contribution in [0.1, 0.15) is 15.9 Å². The van der Waals surface area contributed by atoms with E-state index in [9.17, 15) is 14.7 Å². The average molecular weight is 282 g/mol. The third-order valence-corrected chi connectivity index (χ3v) is 3.46. The second-order valence-corrected chi connectivity index (χ2v) is 4.88. The highest BCUT2D eigenvalue weighted by molar-refractivity contribution is 6.01. The van der Waals surface area contributed by atoms with Gasteiger partial charge in [-0.25, -0.2) is 4.79 Å². The Labute approximate surface area is 121 Å². The van der Waals surface area contributed by atoms with E-state index in [0.29, 0.717) is 12.1 Å². The molecule has 0 saturated heterocycles. The largest absolute Gasteiger partial charge is 0.478 e. The molecule has 1 amide bonds. The molecule has 1 aliphatic rings. The third-order valence-electron chi connectivity index (χ3n) is 3.46. The van der Waals surface area contributed by atoms with Crippen LogP contribution >= 0.6 is 0 Å². The van der Waals surface area contributed by atoms with Crippen LogP contribution in [0.15, 0.2) is 48.5 Å². The summed E-state index contributed by atoms with van der Waals surface area (Å²) in [5.74, 6) is -1.05. The number of carboxylic acid groups (broad SMARTS) is 1. The Kier molecular flexibility index (Phi) is 3.31. The monoisotopic (exact) mass is 282 g/mol. The molecule has 5 heteroatoms. The smallest absolute Gasteiger partial charge is 0.336 e. The number of anilines is 2. The van der Waals surface area contributed by atoms with Crippen LogP contribution in [0.2, 0.25) is 0 Å². The Bertz CT molecular complexity index is 712. The summed E-state index contributed by atoms with van der Waals surface area (Å²) in [5.41, 5.74) is 2.61. The summed E-state index contributed by atoms with van der Waals surface area (Å²) in [6.07, 6.45) is 0. The molecule has 0 radical (unpaired) electrons. The Morgan fingerprint density at radius 2 is 1.86 bits per heavy atom. The minimum Gasteiger partial charge on any atom is -0.478 e. The van der Waals surface area contributed by atoms with Gasteiger partial charge in [0.2, 0.25) is 5.91 Å². The fourth-order valence-corrected chi connectivity index (χ4v) is 2.52. The fraction of sp³-hybridized carbons (Fsp3) is 0.125. The number of hydrogen-bond acceptors (Lipinski definition) is 3. The summed E-state index contributed by atoms with van der Waals surface area (Å²) in [6, 6.07) is 14.4. The molecule has 5 nitrogen and oxygen atoms in total. The van der Waals surface area contributed by atoms with E-state index in [4.69, 9.17) is 0 Å². The molecule has 0 spiro atoms. The zero-order valence-corrected chi connectivity index (χ0v) is 11.2. The van der Waals surface area contributed by atoms with Gasteiger partial charge in [-0.1, -0.05) is 30.3 Å². The first-order valence-electron chi connectivity index (χ1n) is 6.60. The molecule has 0 aliphatic carbocycles. The van der Waals surface area contributed by atoms with Crippen molar-refractivity contribution in [1.29, 1.82) is 0 Å². The van der Waals surface area contributed by atoms with E-state index < -0.39 is 5.97 Å². The molecule has 106 valence electrons. The van der Waals surface area contributed by atoms with Crippen LogP contribution in [0.3, 0.4) is 0 Å². The van der Waals surface area contributed by atoms with Crippen molar-refractivity contribution in [1.82, 2.24) is 0 Å². The van der Waals surface area contributed by atoms with Gasteiger partial charge in [0.1, 0.15) is 0 Å². The molecule has 0 fully saturated rings. The molecular weight excluding hydrogens is 268 g/mol. The van der Waals surface area contributed by atoms with Gasteiger partial charge in [0.25, 0.3) is 0 Å². The lowest BCUT2D eigenvalue weighted by Crippen LogP contribution is -2.38. The number of carbonyl (C=O) groups excluding carboxylic acids is 1. The molecule has 0 aromatic heterocycles. The number of fused-ring (bicyclic) bond motifs is 1. The number of hydrogen-bond donors (Lipinski definition) is 2. The second-order valence-electron chi connectivity index (χ2n) is 4.88. The van der Waals surface area contributed by atoms with Crippen LogP contribution in [0.25, 0.3) is 0 Å². The van der Waals surface area contributed by atoms with Crippen LogP contribution in [-0.2, 0) is 11.3 Å². The Morgan fingerprint density at radius 1 is 1.14 bits per heavy atom. The van der Waals surface area contributed by atoms with E-state index in [1.54, 1.807) is 24.3 Å². The standard InChI is InChI=1S/C16H14N2O3/c19-15-10-18(14-8-4-3-7-13(14)17-15)9-11-5-1-2-6-12(11)16(20)21/h1-8H,9-10H2,(H,17,19)(H,20,21). The number of nitrogens with one attached hydrogen (secondary N) is 1. The second kappa shape index (κ2) is 5.28. The van der Waals surface area contributed by atoms with E-state index in [1.165, 1.54) is 0 Å². The number of para-hydroxylation sites is 2. The maximum atomic E-state index is 11.8. The van der Waals surface area contributed by atoms with E-state index in [0.717, 1.165) is 11.4 Å². The van der Waals surface area contributed by atoms with Gasteiger partial charge in [-0.05, 0) is 23.8 Å². The predicted molar refractivity (Wildman–Crippen MR) is 79.5 cm³/mol. The van der Waals surface area contributed by atoms with Crippen molar-refractivity contribution in [2.45, 2.75) is 6.54 Å². The minimum atomic E-state index is -0.958. The number of carboxylic acids is 1. The molecule has 0 unspecified atom stereocenters. The lowest BCUT2D eigenvalue weighted by molar-refractivity contribution is -0.115. The maximum Gasteiger partial charge on any atom is 0.336 e. The molecule has 2 aromatic carbocycles. The highest BCUT2D eigenvalue weighted by atomic mass is 16.4. The Hall–Kier alpha value is -2.82. The van der Waals surface area contributed by atoms with Crippen LogP contribution < -0.4 is 10.2 Å². The van der Waals surface area contributed by atoms with E-state index in [1.807, 2.05) is 29.2 Å². The van der Waals surface area contributed by atoms with Gasteiger partial charge in [0.05, 0.1) is 23.5 Å². The third kappa shape index (κ3) is 2.58. The number of amides is 1. The van der Waals surface area contributed by atoms with Gasteiger partial charge in [-0.2, -0.15) is 0 Å². The molecule has 3 rings (SSSR count). The molecule has 1 aliphatic heterocycles. The van der Waals surface area contributed by atoms with Crippen LogP contribution in [0, 0.1) is 0 Å². The zero-order chi connectivity index (χ0) is 14.8. The maximum absolute atomic E-state index is 11.8. The molecule has 2 aromatic rings. The first-order valence-corrected chi connectivity index (χ1v) is 6.60. The molecule has 0 bridgehead atoms. The normalized spacial score (nSPS) is 13.5. The lowest BCUT2D eigenvalue weighted by atomic mass is 10.1. The van der Waals surface area contributed by atoms with Crippen molar-refractivity contribution in [2.75, 3.05) is 16.8 Å². The van der Waals surface area contributed by atoms with Gasteiger partial charge in [-0.15, -0.1) is 0 Å². The first-order chi connectivity index (χ1) is 10.1. The van der Waals surface area contributed by atoms with Crippen LogP contribution in [-0.4, -0.2) is 23.5 Å². The lowest BCUT2D eigenvalue weighted by Gasteiger charge is -2.31. The van der Waals surface area contributed by atoms with Crippen molar-refractivity contribution in [2.24, 2.45) is 0 Å². The fourth-order valence-electron chi connectivity index (χ4n) is 2.52. The number of rotatable bonds is 3. The molecule has 0 atom stereocenters. The number of aromatic carboxylic acids is 1. The number of carbonyl (C=O) groups is 2. The van der Waals surface area contributed by atoms with Crippen molar-refractivity contribution in [3.05, 3.63) is 59.7 Å². The number of benzene rings is 2. The summed E-state index contributed by atoms with van der Waals surface area (Å²) in [5, 5.41) is 12.1. The number of nitrogens with zero attached hydrogens (tertiary/aromatic N) is 1. The summed E-state index contributed by atoms with van der Waals surface area (Å²) < 4.78 is 0. The van der Waals surface area contributed by atoms with E-state index >= 15 is 0 Å². The summed E-state index contributed by atoms with van der Waals surface area (Å²) in [4.78, 5) is 24.9. The summed E-state index contributed by atoms with van der Waals surface area (Å²) in [7, 11) is 0. The molecule has 1 heterocycles. The van der Waals surface area contributed by atoms with Crippen molar-refractivity contribution < 1.29 is 14.7 Å². The predicted octanol–water partition coefficient (Wildman–Crippen LogP) is 2.34. The quantitative estimate of drug-likeness (QED) is 0.906. The Balaban J connectivity index is 1.96. The molecule has 0 saturated carbocycles. The average Bonchev–Trinajstić information content (AvgIpc) is 2.47. The van der Waals surface area contributed by atoms with Gasteiger partial charge in [-0.3, -0.25) is 4.79 Å². The van der Waals surface area contributed by atoms with E-state index in [-0.39, 0.29) is 18.0 Å². The van der Waals surface area contributed by atoms with Crippen LogP contribution in [0.4, 0.5) is 11.4 Å². The summed E-state index contributed by atoms with van der Waals surface area (Å²) in [6.45, 7) is 0.595. The summed E-state index contributed by atoms with van der Waals surface area (Å²) >= 11 is 0. The van der Waals surface area contributed by atoms with Crippen molar-refractivity contribution in [3.63, 3.8) is 0 Å². The van der Waals surface area contributed by atoms with Gasteiger partial charge in [0, 0.05) is 6.54 Å². The molecule has 2 N–H and O–H groups in total. The van der Waals surface area contributed by atoms with Gasteiger partial charge < -0.3 is 15.3 Å². The minimum absolute atomic E-state index is 0.0958. The zero-order valence-electron chi connectivity index (χ0n) is 11.2. The molecule has 21 heavy (non-hydrogen) atoms. The van der Waals surface area contributed by atoms with Crippen molar-refractivity contribution in [3.8, 4) is 0 Å². The van der Waals surface area contributed by atoms with Gasteiger partial charge in [0.15, 0.2) is 0 Å². The van der Waals surface area contributed by atoms with E-state index in [2.05, 4.69) is 5.32 Å². The van der Waals surface area contributed by atoms with Crippen LogP contribution in [0.5, 0.6) is 0 Å². The molecular formula is C16H14N2O3. The Morgan fingerprint density at radius 3 is 2.67 bits per heavy atom. The highest BCUT2D eigenvalue weighted by Crippen LogP contribution is 2.30. The van der Waals surface area contributed by atoms with Crippen molar-refractivity contribution >= 4 is 23.3 Å². The topological polar surface area (TPSA) is 69.6 Å². The first kappa shape index (κ1) is 13.2. The van der Waals surface area contributed by atoms with Gasteiger partial charge >= 0.3 is 5.97 Å². The highest BCUT2D eigenvalue weighted by Gasteiger charge is 2.22. The SMILES string of the molecule is O=C1CN(Cc2ccccc2C(=O)O)c2ccccc2N1.